The van der Waals surface area contributed by atoms with Gasteiger partial charge in [-0.2, -0.15) is 0 Å². The molecule has 144 valence electrons. The number of fused-ring (bicyclic) bond motifs is 3. The summed E-state index contributed by atoms with van der Waals surface area (Å²) in [5.41, 5.74) is 3.58. The van der Waals surface area contributed by atoms with Crippen LogP contribution in [0.25, 0.3) is 38.6 Å². The number of nitrogens with zero attached hydrogens (tertiary/aromatic N) is 2. The molecule has 1 aliphatic carbocycles. The predicted molar refractivity (Wildman–Crippen MR) is 117 cm³/mol. The lowest BCUT2D eigenvalue weighted by molar-refractivity contribution is 0.0990. The summed E-state index contributed by atoms with van der Waals surface area (Å²) in [6.45, 7) is 0. The van der Waals surface area contributed by atoms with Crippen LogP contribution in [0.15, 0.2) is 70.1 Å². The third-order valence-corrected chi connectivity index (χ3v) is 6.35. The zero-order chi connectivity index (χ0) is 20.4. The van der Waals surface area contributed by atoms with Crippen LogP contribution >= 0.6 is 11.3 Å². The Bertz CT molecular complexity index is 1480. The number of aromatic nitrogens is 2. The second-order valence-corrected chi connectivity index (χ2v) is 8.18. The van der Waals surface area contributed by atoms with Crippen LogP contribution in [0.4, 0.5) is 0 Å². The quantitative estimate of drug-likeness (QED) is 0.284. The average Bonchev–Trinajstić information content (AvgIpc) is 3.51. The standard InChI is InChI=1S/C24H14N2O3S/c1-26-19-11-15(29-21(19)12-20(26)24-25-6-7-30-24)10-18-22(27)16-8-13-4-2-3-5-14(13)9-17(16)23(18)28/h2-12H,1H3. The van der Waals surface area contributed by atoms with E-state index >= 15 is 0 Å². The number of hydrogen-bond donors (Lipinski definition) is 0. The number of furan rings is 1. The third kappa shape index (κ3) is 2.37. The molecule has 1 aliphatic rings. The molecule has 3 heterocycles. The van der Waals surface area contributed by atoms with Crippen LogP contribution in [-0.4, -0.2) is 21.1 Å². The number of Topliss-reactive ketones (excluding diaryl/α,β-unsaturated/α-hetero) is 2. The highest BCUT2D eigenvalue weighted by Crippen LogP contribution is 2.34. The van der Waals surface area contributed by atoms with Crippen molar-refractivity contribution in [2.75, 3.05) is 0 Å². The van der Waals surface area contributed by atoms with Gasteiger partial charge in [0.1, 0.15) is 10.8 Å². The van der Waals surface area contributed by atoms with E-state index in [9.17, 15) is 9.59 Å². The molecule has 6 rings (SSSR count). The number of ketones is 2. The van der Waals surface area contributed by atoms with Gasteiger partial charge in [-0.25, -0.2) is 4.98 Å². The highest BCUT2D eigenvalue weighted by Gasteiger charge is 2.33. The minimum Gasteiger partial charge on any atom is -0.455 e. The number of benzene rings is 2. The first kappa shape index (κ1) is 17.1. The van der Waals surface area contributed by atoms with Crippen LogP contribution in [0, 0.1) is 0 Å². The van der Waals surface area contributed by atoms with Gasteiger partial charge < -0.3 is 8.98 Å². The molecule has 5 nitrogen and oxygen atoms in total. The molecule has 0 saturated carbocycles. The molecule has 0 atom stereocenters. The molecular formula is C24H14N2O3S. The minimum atomic E-state index is -0.260. The summed E-state index contributed by atoms with van der Waals surface area (Å²) in [6, 6.07) is 15.1. The highest BCUT2D eigenvalue weighted by atomic mass is 32.1. The van der Waals surface area contributed by atoms with E-state index in [0.29, 0.717) is 22.5 Å². The van der Waals surface area contributed by atoms with Crippen molar-refractivity contribution >= 4 is 50.9 Å². The number of rotatable bonds is 2. The van der Waals surface area contributed by atoms with Crippen molar-refractivity contribution in [3.8, 4) is 10.7 Å². The molecule has 0 unspecified atom stereocenters. The first-order valence-corrected chi connectivity index (χ1v) is 10.3. The fraction of sp³-hybridized carbons (Fsp3) is 0.0417. The number of hydrogen-bond acceptors (Lipinski definition) is 5. The van der Waals surface area contributed by atoms with Gasteiger partial charge in [0, 0.05) is 41.9 Å². The summed E-state index contributed by atoms with van der Waals surface area (Å²) in [7, 11) is 1.94. The van der Waals surface area contributed by atoms with Gasteiger partial charge in [-0.15, -0.1) is 11.3 Å². The summed E-state index contributed by atoms with van der Waals surface area (Å²) >= 11 is 1.56. The molecule has 0 spiro atoms. The van der Waals surface area contributed by atoms with Gasteiger partial charge in [-0.1, -0.05) is 24.3 Å². The average molecular weight is 410 g/mol. The van der Waals surface area contributed by atoms with Gasteiger partial charge >= 0.3 is 0 Å². The number of aryl methyl sites for hydroxylation is 1. The first-order valence-electron chi connectivity index (χ1n) is 9.43. The Morgan fingerprint density at radius 2 is 1.70 bits per heavy atom. The van der Waals surface area contributed by atoms with Crippen LogP contribution in [0.2, 0.25) is 0 Å². The summed E-state index contributed by atoms with van der Waals surface area (Å²) in [5, 5.41) is 4.72. The number of thiazole rings is 1. The second kappa shape index (κ2) is 6.11. The van der Waals surface area contributed by atoms with Crippen molar-refractivity contribution in [1.29, 1.82) is 0 Å². The van der Waals surface area contributed by atoms with E-state index in [1.54, 1.807) is 35.7 Å². The zero-order valence-corrected chi connectivity index (χ0v) is 16.7. The Labute approximate surface area is 174 Å². The maximum atomic E-state index is 12.9. The molecule has 6 heteroatoms. The molecule has 30 heavy (non-hydrogen) atoms. The van der Waals surface area contributed by atoms with E-state index in [0.717, 1.165) is 27.0 Å². The van der Waals surface area contributed by atoms with Crippen molar-refractivity contribution in [3.05, 3.63) is 82.6 Å². The molecule has 5 aromatic rings. The molecular weight excluding hydrogens is 396 g/mol. The Hall–Kier alpha value is -3.77. The summed E-state index contributed by atoms with van der Waals surface area (Å²) in [6.07, 6.45) is 3.32. The summed E-state index contributed by atoms with van der Waals surface area (Å²) in [4.78, 5) is 30.2. The van der Waals surface area contributed by atoms with Gasteiger partial charge in [0.2, 0.25) is 0 Å². The van der Waals surface area contributed by atoms with Crippen molar-refractivity contribution < 1.29 is 14.0 Å². The maximum absolute atomic E-state index is 12.9. The molecule has 0 bridgehead atoms. The van der Waals surface area contributed by atoms with E-state index in [4.69, 9.17) is 4.42 Å². The van der Waals surface area contributed by atoms with Gasteiger partial charge in [0.05, 0.1) is 16.8 Å². The molecule has 0 fully saturated rings. The van der Waals surface area contributed by atoms with Crippen LogP contribution in [0.1, 0.15) is 26.5 Å². The molecule has 0 radical (unpaired) electrons. The van der Waals surface area contributed by atoms with Crippen LogP contribution in [0.5, 0.6) is 0 Å². The van der Waals surface area contributed by atoms with Crippen LogP contribution in [0.3, 0.4) is 0 Å². The van der Waals surface area contributed by atoms with Crippen LogP contribution in [-0.2, 0) is 7.05 Å². The normalized spacial score (nSPS) is 13.6. The zero-order valence-electron chi connectivity index (χ0n) is 15.9. The number of carbonyl (C=O) groups is 2. The smallest absolute Gasteiger partial charge is 0.197 e. The molecule has 0 aliphatic heterocycles. The largest absolute Gasteiger partial charge is 0.455 e. The molecule has 0 N–H and O–H groups in total. The third-order valence-electron chi connectivity index (χ3n) is 5.55. The first-order chi connectivity index (χ1) is 14.6. The molecule has 0 saturated heterocycles. The molecule has 3 aromatic heterocycles. The summed E-state index contributed by atoms with van der Waals surface area (Å²) < 4.78 is 7.94. The second-order valence-electron chi connectivity index (χ2n) is 7.29. The minimum absolute atomic E-state index is 0.138. The monoisotopic (exact) mass is 410 g/mol. The van der Waals surface area contributed by atoms with Gasteiger partial charge in [0.15, 0.2) is 17.1 Å². The van der Waals surface area contributed by atoms with Crippen molar-refractivity contribution in [2.45, 2.75) is 0 Å². The predicted octanol–water partition coefficient (Wildman–Crippen LogP) is 5.51. The number of allylic oxidation sites excluding steroid dienone is 1. The summed E-state index contributed by atoms with van der Waals surface area (Å²) in [5.74, 6) is -0.0373. The lowest BCUT2D eigenvalue weighted by Gasteiger charge is -2.00. The molecule has 0 amide bonds. The van der Waals surface area contributed by atoms with E-state index in [1.165, 1.54) is 0 Å². The van der Waals surface area contributed by atoms with Crippen molar-refractivity contribution in [2.24, 2.45) is 7.05 Å². The topological polar surface area (TPSA) is 65.1 Å². The lowest BCUT2D eigenvalue weighted by atomic mass is 10.0. The Kier molecular flexibility index (Phi) is 3.49. The SMILES string of the molecule is Cn1c(-c2nccs2)cc2oc(C=C3C(=O)c4cc5ccccc5cc4C3=O)cc21. The molecule has 2 aromatic carbocycles. The fourth-order valence-electron chi connectivity index (χ4n) is 4.04. The Morgan fingerprint density at radius 3 is 2.30 bits per heavy atom. The van der Waals surface area contributed by atoms with E-state index < -0.39 is 0 Å². The van der Waals surface area contributed by atoms with E-state index in [2.05, 4.69) is 4.98 Å². The Morgan fingerprint density at radius 1 is 1.00 bits per heavy atom. The maximum Gasteiger partial charge on any atom is 0.197 e. The van der Waals surface area contributed by atoms with Crippen LogP contribution < -0.4 is 0 Å². The highest BCUT2D eigenvalue weighted by molar-refractivity contribution is 7.13. The van der Waals surface area contributed by atoms with Gasteiger partial charge in [-0.05, 0) is 29.0 Å². The van der Waals surface area contributed by atoms with Gasteiger partial charge in [-0.3, -0.25) is 9.59 Å². The van der Waals surface area contributed by atoms with Gasteiger partial charge in [0.25, 0.3) is 0 Å². The van der Waals surface area contributed by atoms with Crippen molar-refractivity contribution in [1.82, 2.24) is 9.55 Å². The fourth-order valence-corrected chi connectivity index (χ4v) is 4.73. The van der Waals surface area contributed by atoms with E-state index in [1.807, 2.05) is 53.4 Å². The van der Waals surface area contributed by atoms with E-state index in [-0.39, 0.29) is 17.1 Å². The van der Waals surface area contributed by atoms with Crippen molar-refractivity contribution in [3.63, 3.8) is 0 Å². The Balaban J connectivity index is 1.43. The lowest BCUT2D eigenvalue weighted by Crippen LogP contribution is -1.99. The number of carbonyl (C=O) groups excluding carboxylic acids is 2.